The molecule has 2 atom stereocenters. The molecule has 3 heterocycles. The summed E-state index contributed by atoms with van der Waals surface area (Å²) in [6.45, 7) is 3.01. The number of carbonyl (C=O) groups excluding carboxylic acids is 1. The molecule has 2 aliphatic rings. The first-order valence-electron chi connectivity index (χ1n) is 7.53. The first-order chi connectivity index (χ1) is 10.4. The molecule has 22 heavy (non-hydrogen) atoms. The lowest BCUT2D eigenvalue weighted by molar-refractivity contribution is -0.244. The number of likely N-dealkylation sites (tertiary alicyclic amines) is 1. The molecule has 7 nitrogen and oxygen atoms in total. The van der Waals surface area contributed by atoms with E-state index in [1.54, 1.807) is 11.8 Å². The van der Waals surface area contributed by atoms with Gasteiger partial charge in [-0.3, -0.25) is 4.79 Å². The van der Waals surface area contributed by atoms with Crippen molar-refractivity contribution in [1.29, 1.82) is 0 Å². The van der Waals surface area contributed by atoms with Crippen molar-refractivity contribution in [2.24, 2.45) is 0 Å². The second-order valence-electron chi connectivity index (χ2n) is 6.34. The molecular formula is C15H21N3O4. The number of rotatable bonds is 1. The van der Waals surface area contributed by atoms with Crippen molar-refractivity contribution in [3.8, 4) is 0 Å². The van der Waals surface area contributed by atoms with Crippen LogP contribution in [0.2, 0.25) is 0 Å². The molecule has 1 spiro atoms. The van der Waals surface area contributed by atoms with E-state index < -0.39 is 17.3 Å². The Balaban J connectivity index is 1.69. The number of amides is 1. The first kappa shape index (κ1) is 15.3. The highest BCUT2D eigenvalue weighted by atomic mass is 16.5. The summed E-state index contributed by atoms with van der Waals surface area (Å²) in [4.78, 5) is 21.8. The Kier molecular flexibility index (Phi) is 3.88. The Morgan fingerprint density at radius 2 is 1.95 bits per heavy atom. The molecule has 0 unspecified atom stereocenters. The topological polar surface area (TPSA) is 95.8 Å². The van der Waals surface area contributed by atoms with Gasteiger partial charge in [0, 0.05) is 31.9 Å². The van der Waals surface area contributed by atoms with Gasteiger partial charge in [-0.2, -0.15) is 0 Å². The van der Waals surface area contributed by atoms with Crippen LogP contribution in [-0.2, 0) is 4.74 Å². The zero-order valence-electron chi connectivity index (χ0n) is 12.6. The second kappa shape index (κ2) is 5.57. The van der Waals surface area contributed by atoms with Crippen LogP contribution in [0.15, 0.2) is 18.7 Å². The van der Waals surface area contributed by atoms with Crippen LogP contribution in [0.4, 0.5) is 0 Å². The zero-order valence-corrected chi connectivity index (χ0v) is 12.6. The van der Waals surface area contributed by atoms with Gasteiger partial charge in [0.05, 0.1) is 17.8 Å². The van der Waals surface area contributed by atoms with E-state index in [-0.39, 0.29) is 5.91 Å². The molecule has 0 saturated carbocycles. The number of piperidine rings is 1. The second-order valence-corrected chi connectivity index (χ2v) is 6.34. The van der Waals surface area contributed by atoms with Gasteiger partial charge >= 0.3 is 0 Å². The fourth-order valence-corrected chi connectivity index (χ4v) is 3.34. The number of nitrogens with zero attached hydrogens (tertiary/aromatic N) is 3. The Bertz CT molecular complexity index is 541. The molecule has 1 aromatic rings. The van der Waals surface area contributed by atoms with Gasteiger partial charge in [0.15, 0.2) is 0 Å². The molecule has 0 aliphatic carbocycles. The number of hydrogen-bond donors (Lipinski definition) is 2. The van der Waals surface area contributed by atoms with E-state index in [2.05, 4.69) is 9.97 Å². The predicted molar refractivity (Wildman–Crippen MR) is 77.1 cm³/mol. The molecule has 3 rings (SSSR count). The van der Waals surface area contributed by atoms with E-state index >= 15 is 0 Å². The third kappa shape index (κ3) is 2.60. The average molecular weight is 307 g/mol. The van der Waals surface area contributed by atoms with Gasteiger partial charge < -0.3 is 19.8 Å². The van der Waals surface area contributed by atoms with Crippen LogP contribution in [0.1, 0.15) is 36.5 Å². The number of aromatic nitrogens is 2. The Morgan fingerprint density at radius 3 is 2.59 bits per heavy atom. The molecule has 120 valence electrons. The zero-order chi connectivity index (χ0) is 15.8. The fraction of sp³-hybridized carbons (Fsp3) is 0.667. The molecule has 1 amide bonds. The third-order valence-corrected chi connectivity index (χ3v) is 4.79. The molecule has 2 fully saturated rings. The van der Waals surface area contributed by atoms with Gasteiger partial charge in [0.1, 0.15) is 18.0 Å². The molecule has 1 aromatic heterocycles. The lowest BCUT2D eigenvalue weighted by Gasteiger charge is -2.51. The Hall–Kier alpha value is -1.57. The predicted octanol–water partition coefficient (Wildman–Crippen LogP) is -0.0164. The van der Waals surface area contributed by atoms with Crippen LogP contribution >= 0.6 is 0 Å². The van der Waals surface area contributed by atoms with Crippen molar-refractivity contribution in [1.82, 2.24) is 14.9 Å². The van der Waals surface area contributed by atoms with Gasteiger partial charge in [-0.1, -0.05) is 0 Å². The van der Waals surface area contributed by atoms with E-state index in [0.717, 1.165) is 0 Å². The van der Waals surface area contributed by atoms with Gasteiger partial charge in [-0.05, 0) is 19.8 Å². The highest BCUT2D eigenvalue weighted by Crippen LogP contribution is 2.39. The van der Waals surface area contributed by atoms with Crippen LogP contribution in [0, 0.1) is 0 Å². The van der Waals surface area contributed by atoms with Crippen LogP contribution in [0.25, 0.3) is 0 Å². The van der Waals surface area contributed by atoms with Crippen molar-refractivity contribution >= 4 is 5.91 Å². The summed E-state index contributed by atoms with van der Waals surface area (Å²) < 4.78 is 5.82. The van der Waals surface area contributed by atoms with Crippen molar-refractivity contribution in [3.05, 3.63) is 24.3 Å². The van der Waals surface area contributed by atoms with Crippen molar-refractivity contribution in [2.75, 3.05) is 19.7 Å². The quantitative estimate of drug-likeness (QED) is 0.757. The summed E-state index contributed by atoms with van der Waals surface area (Å²) in [5, 5.41) is 20.7. The normalized spacial score (nSPS) is 31.2. The maximum absolute atomic E-state index is 12.4. The first-order valence-corrected chi connectivity index (χ1v) is 7.53. The lowest BCUT2D eigenvalue weighted by Crippen LogP contribution is -2.64. The minimum Gasteiger partial charge on any atom is -0.387 e. The van der Waals surface area contributed by atoms with Gasteiger partial charge in [-0.25, -0.2) is 9.97 Å². The van der Waals surface area contributed by atoms with Crippen molar-refractivity contribution < 1.29 is 19.7 Å². The van der Waals surface area contributed by atoms with E-state index in [9.17, 15) is 15.0 Å². The number of aliphatic hydroxyl groups excluding tert-OH is 1. The SMILES string of the molecule is C[C@@]1(O)CCOC2(CCN(C(=O)c3cncnc3)CC2)[C@H]1O. The number of aliphatic hydroxyl groups is 2. The van der Waals surface area contributed by atoms with E-state index in [0.29, 0.717) is 44.5 Å². The Labute approximate surface area is 128 Å². The fourth-order valence-electron chi connectivity index (χ4n) is 3.34. The van der Waals surface area contributed by atoms with Crippen LogP contribution < -0.4 is 0 Å². The minimum atomic E-state index is -1.14. The van der Waals surface area contributed by atoms with E-state index in [1.807, 2.05) is 0 Å². The molecule has 7 heteroatoms. The number of carbonyl (C=O) groups is 1. The summed E-state index contributed by atoms with van der Waals surface area (Å²) in [5.74, 6) is -0.118. The molecule has 2 N–H and O–H groups in total. The largest absolute Gasteiger partial charge is 0.387 e. The summed E-state index contributed by atoms with van der Waals surface area (Å²) in [6.07, 6.45) is 4.86. The maximum Gasteiger partial charge on any atom is 0.256 e. The molecule has 2 aliphatic heterocycles. The summed E-state index contributed by atoms with van der Waals surface area (Å²) >= 11 is 0. The Morgan fingerprint density at radius 1 is 1.32 bits per heavy atom. The summed E-state index contributed by atoms with van der Waals surface area (Å²) in [5.41, 5.74) is -1.45. The summed E-state index contributed by atoms with van der Waals surface area (Å²) in [6, 6.07) is 0. The van der Waals surface area contributed by atoms with Crippen molar-refractivity contribution in [3.63, 3.8) is 0 Å². The number of hydrogen-bond acceptors (Lipinski definition) is 6. The third-order valence-electron chi connectivity index (χ3n) is 4.79. The summed E-state index contributed by atoms with van der Waals surface area (Å²) in [7, 11) is 0. The molecule has 0 radical (unpaired) electrons. The van der Waals surface area contributed by atoms with E-state index in [4.69, 9.17) is 4.74 Å². The molecular weight excluding hydrogens is 286 g/mol. The highest BCUT2D eigenvalue weighted by Gasteiger charge is 2.52. The minimum absolute atomic E-state index is 0.118. The lowest BCUT2D eigenvalue weighted by atomic mass is 9.75. The van der Waals surface area contributed by atoms with Gasteiger partial charge in [0.25, 0.3) is 5.91 Å². The van der Waals surface area contributed by atoms with Crippen LogP contribution in [0.5, 0.6) is 0 Å². The maximum atomic E-state index is 12.4. The molecule has 0 bridgehead atoms. The van der Waals surface area contributed by atoms with Gasteiger partial charge in [0.2, 0.25) is 0 Å². The standard InChI is InChI=1S/C15H21N3O4/c1-14(21)4-7-22-15(13(14)20)2-5-18(6-3-15)12(19)11-8-16-10-17-9-11/h8-10,13,20-21H,2-7H2,1H3/t13-,14+/m0/s1. The average Bonchev–Trinajstić information content (AvgIpc) is 2.53. The van der Waals surface area contributed by atoms with Gasteiger partial charge in [-0.15, -0.1) is 0 Å². The van der Waals surface area contributed by atoms with Crippen LogP contribution in [0.3, 0.4) is 0 Å². The monoisotopic (exact) mass is 307 g/mol. The molecule has 0 aromatic carbocycles. The number of ether oxygens (including phenoxy) is 1. The van der Waals surface area contributed by atoms with Crippen LogP contribution in [-0.4, -0.2) is 68.0 Å². The molecule has 2 saturated heterocycles. The highest BCUT2D eigenvalue weighted by molar-refractivity contribution is 5.93. The van der Waals surface area contributed by atoms with E-state index in [1.165, 1.54) is 18.7 Å². The smallest absolute Gasteiger partial charge is 0.256 e. The van der Waals surface area contributed by atoms with Crippen molar-refractivity contribution in [2.45, 2.75) is 43.5 Å².